The number of thioether (sulfide) groups is 1. The Morgan fingerprint density at radius 3 is 2.74 bits per heavy atom. The lowest BCUT2D eigenvalue weighted by Crippen LogP contribution is -2.53. The average Bonchev–Trinajstić information content (AvgIpc) is 3.33. The summed E-state index contributed by atoms with van der Waals surface area (Å²) in [5.41, 5.74) is 1.43. The van der Waals surface area contributed by atoms with Crippen LogP contribution in [-0.4, -0.2) is 57.1 Å². The number of nitrogens with zero attached hydrogens (tertiary/aromatic N) is 4. The SMILES string of the molecule is C=CC(=O)N1CCCC(NC(=O)[C@H]2Sc3nccc4c3C2NC(=O)N4c2ccc(Oc3ccccc3)cn2)C1. The molecule has 0 radical (unpaired) electrons. The quantitative estimate of drug-likeness (QED) is 0.453. The second-order valence-corrected chi connectivity index (χ2v) is 10.6. The first-order chi connectivity index (χ1) is 19.0. The molecule has 1 saturated heterocycles. The number of urea groups is 1. The van der Waals surface area contributed by atoms with Gasteiger partial charge in [-0.3, -0.25) is 9.59 Å². The van der Waals surface area contributed by atoms with E-state index in [9.17, 15) is 14.4 Å². The number of rotatable bonds is 6. The molecule has 2 N–H and O–H groups in total. The maximum absolute atomic E-state index is 13.4. The molecule has 3 aliphatic rings. The van der Waals surface area contributed by atoms with E-state index < -0.39 is 11.3 Å². The van der Waals surface area contributed by atoms with Crippen molar-refractivity contribution in [1.82, 2.24) is 25.5 Å². The fourth-order valence-electron chi connectivity index (χ4n) is 5.15. The molecule has 6 rings (SSSR count). The topological polar surface area (TPSA) is 117 Å². The van der Waals surface area contributed by atoms with Crippen molar-refractivity contribution in [2.45, 2.75) is 35.2 Å². The lowest BCUT2D eigenvalue weighted by molar-refractivity contribution is -0.129. The lowest BCUT2D eigenvalue weighted by Gasteiger charge is -2.35. The average molecular weight is 543 g/mol. The fraction of sp³-hybridized carbons (Fsp3) is 0.250. The Morgan fingerprint density at radius 2 is 1.97 bits per heavy atom. The Morgan fingerprint density at radius 1 is 1.13 bits per heavy atom. The van der Waals surface area contributed by atoms with E-state index in [1.54, 1.807) is 35.5 Å². The second-order valence-electron chi connectivity index (χ2n) is 9.45. The third kappa shape index (κ3) is 4.81. The fourth-order valence-corrected chi connectivity index (χ4v) is 6.39. The molecule has 3 aromatic rings. The molecule has 4 amide bonds. The Balaban J connectivity index is 1.20. The van der Waals surface area contributed by atoms with E-state index in [-0.39, 0.29) is 23.9 Å². The molecular formula is C28H26N6O4S. The number of benzene rings is 1. The molecule has 5 heterocycles. The number of piperidine rings is 1. The van der Waals surface area contributed by atoms with Crippen molar-refractivity contribution in [2.75, 3.05) is 18.0 Å². The summed E-state index contributed by atoms with van der Waals surface area (Å²) >= 11 is 1.33. The Labute approximate surface area is 229 Å². The predicted molar refractivity (Wildman–Crippen MR) is 146 cm³/mol. The summed E-state index contributed by atoms with van der Waals surface area (Å²) in [5.74, 6) is 1.32. The van der Waals surface area contributed by atoms with Gasteiger partial charge in [0.2, 0.25) is 11.8 Å². The molecule has 1 fully saturated rings. The van der Waals surface area contributed by atoms with E-state index in [2.05, 4.69) is 27.2 Å². The number of ether oxygens (including phenoxy) is 1. The van der Waals surface area contributed by atoms with Gasteiger partial charge < -0.3 is 20.3 Å². The van der Waals surface area contributed by atoms with Crippen LogP contribution in [0.5, 0.6) is 11.5 Å². The first kappa shape index (κ1) is 24.9. The molecular weight excluding hydrogens is 516 g/mol. The van der Waals surface area contributed by atoms with Crippen LogP contribution < -0.4 is 20.3 Å². The van der Waals surface area contributed by atoms with Gasteiger partial charge in [-0.15, -0.1) is 0 Å². The summed E-state index contributed by atoms with van der Waals surface area (Å²) in [5, 5.41) is 6.20. The summed E-state index contributed by atoms with van der Waals surface area (Å²) < 4.78 is 5.83. The van der Waals surface area contributed by atoms with E-state index in [1.807, 2.05) is 30.3 Å². The van der Waals surface area contributed by atoms with Gasteiger partial charge in [0.25, 0.3) is 0 Å². The van der Waals surface area contributed by atoms with Gasteiger partial charge in [0.15, 0.2) is 0 Å². The first-order valence-corrected chi connectivity index (χ1v) is 13.6. The van der Waals surface area contributed by atoms with Crippen LogP contribution in [0.25, 0.3) is 0 Å². The highest BCUT2D eigenvalue weighted by atomic mass is 32.2. The number of pyridine rings is 2. The summed E-state index contributed by atoms with van der Waals surface area (Å²) in [6, 6.07) is 13.5. The monoisotopic (exact) mass is 542 g/mol. The zero-order valence-electron chi connectivity index (χ0n) is 20.9. The number of para-hydroxylation sites is 1. The van der Waals surface area contributed by atoms with Crippen LogP contribution in [0.3, 0.4) is 0 Å². The Bertz CT molecular complexity index is 1430. The van der Waals surface area contributed by atoms with Crippen molar-refractivity contribution in [3.63, 3.8) is 0 Å². The van der Waals surface area contributed by atoms with Crippen molar-refractivity contribution in [3.05, 3.63) is 79.1 Å². The number of nitrogens with one attached hydrogen (secondary N) is 2. The van der Waals surface area contributed by atoms with E-state index in [0.717, 1.165) is 18.4 Å². The Hall–Kier alpha value is -4.38. The summed E-state index contributed by atoms with van der Waals surface area (Å²) in [6.07, 6.45) is 6.07. The van der Waals surface area contributed by atoms with E-state index in [1.165, 1.54) is 22.7 Å². The van der Waals surface area contributed by atoms with Gasteiger partial charge in [-0.1, -0.05) is 36.5 Å². The van der Waals surface area contributed by atoms with Crippen LogP contribution in [0, 0.1) is 0 Å². The zero-order chi connectivity index (χ0) is 26.9. The number of anilines is 2. The third-order valence-electron chi connectivity index (χ3n) is 6.95. The standard InChI is InChI=1S/C28H26N6O4S/c1-2-22(35)33-14-6-7-17(16-33)31-26(36)25-24-23-20(12-13-29-27(23)39-25)34(28(37)32-24)21-11-10-19(15-30-21)38-18-8-4-3-5-9-18/h2-5,8-13,15,17,24-25H,1,6-7,14,16H2,(H,31,36)(H,32,37)/t17?,24?,25-/m0/s1. The van der Waals surface area contributed by atoms with Gasteiger partial charge in [-0.2, -0.15) is 0 Å². The van der Waals surface area contributed by atoms with E-state index in [0.29, 0.717) is 41.1 Å². The van der Waals surface area contributed by atoms with Gasteiger partial charge in [-0.25, -0.2) is 19.7 Å². The minimum absolute atomic E-state index is 0.140. The zero-order valence-corrected chi connectivity index (χ0v) is 21.8. The van der Waals surface area contributed by atoms with E-state index >= 15 is 0 Å². The molecule has 0 bridgehead atoms. The molecule has 3 aliphatic heterocycles. The van der Waals surface area contributed by atoms with Crippen molar-refractivity contribution in [1.29, 1.82) is 0 Å². The molecule has 10 nitrogen and oxygen atoms in total. The largest absolute Gasteiger partial charge is 0.456 e. The van der Waals surface area contributed by atoms with E-state index in [4.69, 9.17) is 4.74 Å². The van der Waals surface area contributed by atoms with Crippen molar-refractivity contribution in [2.24, 2.45) is 0 Å². The predicted octanol–water partition coefficient (Wildman–Crippen LogP) is 3.94. The molecule has 198 valence electrons. The van der Waals surface area contributed by atoms with Crippen LogP contribution in [0.1, 0.15) is 24.4 Å². The van der Waals surface area contributed by atoms with Gasteiger partial charge in [0.05, 0.1) is 17.9 Å². The number of hydrogen-bond acceptors (Lipinski definition) is 7. The van der Waals surface area contributed by atoms with Crippen molar-refractivity contribution < 1.29 is 19.1 Å². The van der Waals surface area contributed by atoms with Crippen LogP contribution in [0.2, 0.25) is 0 Å². The number of amides is 4. The van der Waals surface area contributed by atoms with Gasteiger partial charge in [-0.05, 0) is 49.2 Å². The highest BCUT2D eigenvalue weighted by Gasteiger charge is 2.47. The summed E-state index contributed by atoms with van der Waals surface area (Å²) in [7, 11) is 0. The molecule has 11 heteroatoms. The van der Waals surface area contributed by atoms with Gasteiger partial charge in [0, 0.05) is 30.9 Å². The van der Waals surface area contributed by atoms with Crippen molar-refractivity contribution in [3.8, 4) is 11.5 Å². The van der Waals surface area contributed by atoms with Crippen molar-refractivity contribution >= 4 is 41.1 Å². The van der Waals surface area contributed by atoms with Crippen LogP contribution in [0.4, 0.5) is 16.3 Å². The Kier molecular flexibility index (Phi) is 6.65. The highest BCUT2D eigenvalue weighted by molar-refractivity contribution is 8.01. The number of likely N-dealkylation sites (tertiary alicyclic amines) is 1. The van der Waals surface area contributed by atoms with Crippen LogP contribution >= 0.6 is 11.8 Å². The smallest absolute Gasteiger partial charge is 0.328 e. The number of aromatic nitrogens is 2. The van der Waals surface area contributed by atoms with Gasteiger partial charge >= 0.3 is 6.03 Å². The molecule has 0 spiro atoms. The minimum Gasteiger partial charge on any atom is -0.456 e. The van der Waals surface area contributed by atoms with Crippen LogP contribution in [0.15, 0.2) is 78.6 Å². The molecule has 0 aliphatic carbocycles. The molecule has 39 heavy (non-hydrogen) atoms. The third-order valence-corrected chi connectivity index (χ3v) is 8.24. The number of carbonyl (C=O) groups excluding carboxylic acids is 3. The molecule has 2 aromatic heterocycles. The lowest BCUT2D eigenvalue weighted by atomic mass is 9.99. The maximum atomic E-state index is 13.4. The molecule has 0 saturated carbocycles. The summed E-state index contributed by atoms with van der Waals surface area (Å²) in [6.45, 7) is 4.64. The number of hydrogen-bond donors (Lipinski definition) is 2. The maximum Gasteiger partial charge on any atom is 0.328 e. The molecule has 1 aromatic carbocycles. The van der Waals surface area contributed by atoms with Gasteiger partial charge in [0.1, 0.15) is 27.6 Å². The minimum atomic E-state index is -0.583. The summed E-state index contributed by atoms with van der Waals surface area (Å²) in [4.78, 5) is 51.0. The number of carbonyl (C=O) groups is 3. The second kappa shape index (κ2) is 10.4. The normalized spacial score (nSPS) is 21.5. The molecule has 2 unspecified atom stereocenters. The first-order valence-electron chi connectivity index (χ1n) is 12.7. The molecule has 3 atom stereocenters. The highest BCUT2D eigenvalue weighted by Crippen LogP contribution is 2.50. The van der Waals surface area contributed by atoms with Crippen LogP contribution in [-0.2, 0) is 9.59 Å².